The van der Waals surface area contributed by atoms with Crippen molar-refractivity contribution in [3.63, 3.8) is 0 Å². The van der Waals surface area contributed by atoms with Gasteiger partial charge < -0.3 is 15.7 Å². The molecule has 1 aromatic rings. The molecule has 3 N–H and O–H groups in total. The van der Waals surface area contributed by atoms with Gasteiger partial charge in [-0.05, 0) is 35.9 Å². The molecule has 0 bridgehead atoms. The van der Waals surface area contributed by atoms with Crippen LogP contribution in [0.3, 0.4) is 0 Å². The Morgan fingerprint density at radius 3 is 2.94 bits per heavy atom. The van der Waals surface area contributed by atoms with Gasteiger partial charge in [0.25, 0.3) is 0 Å². The van der Waals surface area contributed by atoms with Crippen LogP contribution >= 0.6 is 11.3 Å². The zero-order valence-electron chi connectivity index (χ0n) is 10.3. The molecular weight excluding hydrogens is 236 g/mol. The number of hydrogen-bond acceptors (Lipinski definition) is 4. The predicted octanol–water partition coefficient (Wildman–Crippen LogP) is 1.29. The van der Waals surface area contributed by atoms with Crippen LogP contribution in [0.1, 0.15) is 31.9 Å². The van der Waals surface area contributed by atoms with E-state index in [9.17, 15) is 9.90 Å². The molecule has 17 heavy (non-hydrogen) atoms. The number of aliphatic hydroxyl groups excluding tert-OH is 1. The minimum absolute atomic E-state index is 0.0345. The van der Waals surface area contributed by atoms with Gasteiger partial charge in [-0.1, -0.05) is 6.92 Å². The van der Waals surface area contributed by atoms with Crippen molar-refractivity contribution in [1.29, 1.82) is 0 Å². The van der Waals surface area contributed by atoms with Crippen molar-refractivity contribution in [2.24, 2.45) is 0 Å². The van der Waals surface area contributed by atoms with E-state index in [1.165, 1.54) is 11.3 Å². The van der Waals surface area contributed by atoms with Gasteiger partial charge in [-0.3, -0.25) is 4.79 Å². The van der Waals surface area contributed by atoms with Crippen molar-refractivity contribution in [2.45, 2.75) is 32.4 Å². The maximum absolute atomic E-state index is 11.5. The number of rotatable bonds is 7. The molecule has 1 aromatic heterocycles. The van der Waals surface area contributed by atoms with Crippen molar-refractivity contribution >= 4 is 17.2 Å². The zero-order valence-corrected chi connectivity index (χ0v) is 11.1. The van der Waals surface area contributed by atoms with Crippen LogP contribution in [0.2, 0.25) is 0 Å². The summed E-state index contributed by atoms with van der Waals surface area (Å²) in [7, 11) is 0. The Morgan fingerprint density at radius 1 is 1.59 bits per heavy atom. The van der Waals surface area contributed by atoms with Gasteiger partial charge in [0.05, 0.1) is 6.10 Å². The monoisotopic (exact) mass is 256 g/mol. The molecule has 0 saturated heterocycles. The van der Waals surface area contributed by atoms with E-state index in [-0.39, 0.29) is 18.5 Å². The van der Waals surface area contributed by atoms with Crippen LogP contribution in [0.5, 0.6) is 0 Å². The molecule has 0 spiro atoms. The fourth-order valence-electron chi connectivity index (χ4n) is 1.56. The SMILES string of the molecule is CCNC(C)CC(=O)NCC(O)c1ccsc1. The molecule has 0 aromatic carbocycles. The largest absolute Gasteiger partial charge is 0.387 e. The summed E-state index contributed by atoms with van der Waals surface area (Å²) in [4.78, 5) is 11.5. The van der Waals surface area contributed by atoms with Gasteiger partial charge in [0.15, 0.2) is 0 Å². The first-order valence-corrected chi connectivity index (χ1v) is 6.78. The van der Waals surface area contributed by atoms with Crippen molar-refractivity contribution in [3.05, 3.63) is 22.4 Å². The Morgan fingerprint density at radius 2 is 2.35 bits per heavy atom. The van der Waals surface area contributed by atoms with E-state index in [0.717, 1.165) is 12.1 Å². The van der Waals surface area contributed by atoms with Crippen LogP contribution in [-0.4, -0.2) is 30.1 Å². The summed E-state index contributed by atoms with van der Waals surface area (Å²) >= 11 is 1.54. The van der Waals surface area contributed by atoms with E-state index in [1.807, 2.05) is 30.7 Å². The third-order valence-corrected chi connectivity index (χ3v) is 3.17. The number of aliphatic hydroxyl groups is 1. The summed E-state index contributed by atoms with van der Waals surface area (Å²) in [5.41, 5.74) is 0.857. The molecule has 1 heterocycles. The first-order chi connectivity index (χ1) is 8.13. The summed E-state index contributed by atoms with van der Waals surface area (Å²) in [5, 5.41) is 19.5. The lowest BCUT2D eigenvalue weighted by Crippen LogP contribution is -2.35. The van der Waals surface area contributed by atoms with Gasteiger partial charge in [0.1, 0.15) is 0 Å². The summed E-state index contributed by atoms with van der Waals surface area (Å²) in [6, 6.07) is 2.03. The summed E-state index contributed by atoms with van der Waals surface area (Å²) in [5.74, 6) is -0.0345. The van der Waals surface area contributed by atoms with Gasteiger partial charge in [0.2, 0.25) is 5.91 Å². The highest BCUT2D eigenvalue weighted by Crippen LogP contribution is 2.14. The molecule has 96 valence electrons. The number of amides is 1. The van der Waals surface area contributed by atoms with E-state index in [0.29, 0.717) is 6.42 Å². The van der Waals surface area contributed by atoms with Crippen LogP contribution in [-0.2, 0) is 4.79 Å². The third kappa shape index (κ3) is 5.30. The van der Waals surface area contributed by atoms with Crippen LogP contribution in [0, 0.1) is 0 Å². The average molecular weight is 256 g/mol. The topological polar surface area (TPSA) is 61.4 Å². The lowest BCUT2D eigenvalue weighted by molar-refractivity contribution is -0.122. The fraction of sp³-hybridized carbons (Fsp3) is 0.583. The molecule has 2 unspecified atom stereocenters. The molecule has 5 heteroatoms. The van der Waals surface area contributed by atoms with E-state index in [4.69, 9.17) is 0 Å². The highest BCUT2D eigenvalue weighted by atomic mass is 32.1. The molecule has 0 aliphatic rings. The van der Waals surface area contributed by atoms with E-state index in [2.05, 4.69) is 10.6 Å². The number of carbonyl (C=O) groups is 1. The Labute approximate surface area is 106 Å². The molecule has 0 fully saturated rings. The number of hydrogen-bond donors (Lipinski definition) is 3. The lowest BCUT2D eigenvalue weighted by Gasteiger charge is -2.14. The van der Waals surface area contributed by atoms with Gasteiger partial charge in [-0.15, -0.1) is 0 Å². The Kier molecular flexibility index (Phi) is 6.18. The normalized spacial score (nSPS) is 14.3. The number of thiophene rings is 1. The first-order valence-electron chi connectivity index (χ1n) is 5.83. The lowest BCUT2D eigenvalue weighted by atomic mass is 10.2. The van der Waals surface area contributed by atoms with Crippen LogP contribution in [0.4, 0.5) is 0 Å². The van der Waals surface area contributed by atoms with E-state index >= 15 is 0 Å². The van der Waals surface area contributed by atoms with Crippen molar-refractivity contribution in [3.8, 4) is 0 Å². The molecule has 4 nitrogen and oxygen atoms in total. The molecule has 1 rings (SSSR count). The zero-order chi connectivity index (χ0) is 12.7. The Balaban J connectivity index is 2.24. The minimum atomic E-state index is -0.611. The predicted molar refractivity (Wildman–Crippen MR) is 70.0 cm³/mol. The minimum Gasteiger partial charge on any atom is -0.387 e. The van der Waals surface area contributed by atoms with Crippen LogP contribution < -0.4 is 10.6 Å². The maximum Gasteiger partial charge on any atom is 0.221 e. The Hall–Kier alpha value is -0.910. The van der Waals surface area contributed by atoms with Gasteiger partial charge in [-0.2, -0.15) is 11.3 Å². The van der Waals surface area contributed by atoms with Gasteiger partial charge in [-0.25, -0.2) is 0 Å². The Bertz CT molecular complexity index is 327. The fourth-order valence-corrected chi connectivity index (χ4v) is 2.27. The quantitative estimate of drug-likeness (QED) is 0.689. The molecule has 0 saturated carbocycles. The highest BCUT2D eigenvalue weighted by Gasteiger charge is 2.11. The van der Waals surface area contributed by atoms with Crippen molar-refractivity contribution in [2.75, 3.05) is 13.1 Å². The standard InChI is InChI=1S/C12H20N2O2S/c1-3-13-9(2)6-12(16)14-7-11(15)10-4-5-17-8-10/h4-5,8-9,11,13,15H,3,6-7H2,1-2H3,(H,14,16). The van der Waals surface area contributed by atoms with Crippen molar-refractivity contribution < 1.29 is 9.90 Å². The molecular formula is C12H20N2O2S. The van der Waals surface area contributed by atoms with E-state index in [1.54, 1.807) is 0 Å². The molecule has 0 radical (unpaired) electrons. The highest BCUT2D eigenvalue weighted by molar-refractivity contribution is 7.07. The number of carbonyl (C=O) groups excluding carboxylic acids is 1. The molecule has 2 atom stereocenters. The molecule has 1 amide bonds. The second kappa shape index (κ2) is 7.42. The molecule has 0 aliphatic heterocycles. The maximum atomic E-state index is 11.5. The second-order valence-electron chi connectivity index (χ2n) is 4.04. The van der Waals surface area contributed by atoms with Crippen molar-refractivity contribution in [1.82, 2.24) is 10.6 Å². The molecule has 0 aliphatic carbocycles. The van der Waals surface area contributed by atoms with Crippen LogP contribution in [0.25, 0.3) is 0 Å². The number of nitrogens with one attached hydrogen (secondary N) is 2. The smallest absolute Gasteiger partial charge is 0.221 e. The van der Waals surface area contributed by atoms with Gasteiger partial charge in [0, 0.05) is 19.0 Å². The van der Waals surface area contributed by atoms with Gasteiger partial charge >= 0.3 is 0 Å². The summed E-state index contributed by atoms with van der Waals surface area (Å²) < 4.78 is 0. The average Bonchev–Trinajstić information content (AvgIpc) is 2.79. The first kappa shape index (κ1) is 14.2. The summed E-state index contributed by atoms with van der Waals surface area (Å²) in [6.45, 7) is 5.10. The second-order valence-corrected chi connectivity index (χ2v) is 4.82. The van der Waals surface area contributed by atoms with Crippen LogP contribution in [0.15, 0.2) is 16.8 Å². The third-order valence-electron chi connectivity index (χ3n) is 2.46. The summed E-state index contributed by atoms with van der Waals surface area (Å²) in [6.07, 6.45) is -0.177. The van der Waals surface area contributed by atoms with E-state index < -0.39 is 6.10 Å².